The van der Waals surface area contributed by atoms with Crippen molar-refractivity contribution in [2.24, 2.45) is 0 Å². The molecule has 0 amide bonds. The van der Waals surface area contributed by atoms with Crippen molar-refractivity contribution in [2.75, 3.05) is 0 Å². The highest BCUT2D eigenvalue weighted by atomic mass is 19.4. The van der Waals surface area contributed by atoms with Crippen LogP contribution in [0.15, 0.2) is 6.07 Å². The van der Waals surface area contributed by atoms with E-state index in [1.165, 1.54) is 0 Å². The van der Waals surface area contributed by atoms with Crippen LogP contribution in [0.4, 0.5) is 27.8 Å². The lowest BCUT2D eigenvalue weighted by molar-refractivity contribution is -0.390. The standard InChI is InChI=1S/C9H5F5N2O5/c10-7(11)3-1-5(21-9(12,13)14)15-8(16(19)20)4(3)2-6(17)18/h1,7H,2H2,(H,17,18). The van der Waals surface area contributed by atoms with Crippen LogP contribution in [0.3, 0.4) is 0 Å². The van der Waals surface area contributed by atoms with E-state index in [2.05, 4.69) is 9.72 Å². The Labute approximate surface area is 112 Å². The summed E-state index contributed by atoms with van der Waals surface area (Å²) < 4.78 is 64.8. The maximum atomic E-state index is 12.8. The van der Waals surface area contributed by atoms with E-state index in [0.717, 1.165) is 0 Å². The molecular weight excluding hydrogens is 311 g/mol. The van der Waals surface area contributed by atoms with Gasteiger partial charge in [-0.3, -0.25) is 4.79 Å². The van der Waals surface area contributed by atoms with E-state index in [-0.39, 0.29) is 6.07 Å². The zero-order chi connectivity index (χ0) is 16.4. The molecule has 0 bridgehead atoms. The molecule has 0 unspecified atom stereocenters. The topological polar surface area (TPSA) is 103 Å². The van der Waals surface area contributed by atoms with Crippen LogP contribution in [0.25, 0.3) is 0 Å². The summed E-state index contributed by atoms with van der Waals surface area (Å²) in [4.78, 5) is 22.6. The zero-order valence-electron chi connectivity index (χ0n) is 9.73. The monoisotopic (exact) mass is 316 g/mol. The normalized spacial score (nSPS) is 11.5. The molecule has 0 fully saturated rings. The maximum Gasteiger partial charge on any atom is 0.575 e. The first-order valence-electron chi connectivity index (χ1n) is 4.95. The summed E-state index contributed by atoms with van der Waals surface area (Å²) in [7, 11) is 0. The number of aromatic nitrogens is 1. The Kier molecular flexibility index (Phi) is 4.60. The summed E-state index contributed by atoms with van der Waals surface area (Å²) in [6.45, 7) is 0. The Hall–Kier alpha value is -2.53. The van der Waals surface area contributed by atoms with Crippen LogP contribution in [-0.2, 0) is 11.2 Å². The van der Waals surface area contributed by atoms with E-state index in [9.17, 15) is 36.9 Å². The average molecular weight is 316 g/mol. The van der Waals surface area contributed by atoms with E-state index in [1.807, 2.05) is 0 Å². The SMILES string of the molecule is O=C(O)Cc1c(C(F)F)cc(OC(F)(F)F)nc1[N+](=O)[O-]. The third kappa shape index (κ3) is 4.50. The molecule has 0 saturated heterocycles. The molecule has 1 rings (SSSR count). The first-order valence-corrected chi connectivity index (χ1v) is 4.95. The number of alkyl halides is 5. The van der Waals surface area contributed by atoms with Gasteiger partial charge in [-0.2, -0.15) is 0 Å². The van der Waals surface area contributed by atoms with Gasteiger partial charge in [-0.1, -0.05) is 0 Å². The summed E-state index contributed by atoms with van der Waals surface area (Å²) in [5, 5.41) is 19.2. The number of carboxylic acid groups (broad SMARTS) is 1. The minimum absolute atomic E-state index is 0.115. The van der Waals surface area contributed by atoms with Gasteiger partial charge >= 0.3 is 24.0 Å². The lowest BCUT2D eigenvalue weighted by Gasteiger charge is -2.10. The Morgan fingerprint density at radius 3 is 2.43 bits per heavy atom. The third-order valence-corrected chi connectivity index (χ3v) is 2.07. The van der Waals surface area contributed by atoms with Crippen molar-refractivity contribution in [3.63, 3.8) is 0 Å². The fourth-order valence-electron chi connectivity index (χ4n) is 1.40. The summed E-state index contributed by atoms with van der Waals surface area (Å²) >= 11 is 0. The second-order valence-electron chi connectivity index (χ2n) is 3.53. The molecule has 1 aromatic heterocycles. The minimum Gasteiger partial charge on any atom is -0.481 e. The fraction of sp³-hybridized carbons (Fsp3) is 0.333. The predicted octanol–water partition coefficient (Wildman–Crippen LogP) is 2.45. The fourth-order valence-corrected chi connectivity index (χ4v) is 1.40. The van der Waals surface area contributed by atoms with Crippen molar-refractivity contribution in [3.8, 4) is 5.88 Å². The molecule has 0 spiro atoms. The second-order valence-corrected chi connectivity index (χ2v) is 3.53. The van der Waals surface area contributed by atoms with Gasteiger partial charge in [0, 0.05) is 16.6 Å². The lowest BCUT2D eigenvalue weighted by atomic mass is 10.1. The number of rotatable bonds is 5. The predicted molar refractivity (Wildman–Crippen MR) is 53.9 cm³/mol. The number of carbonyl (C=O) groups is 1. The van der Waals surface area contributed by atoms with Crippen molar-refractivity contribution in [2.45, 2.75) is 19.2 Å². The quantitative estimate of drug-likeness (QED) is 0.508. The molecule has 116 valence electrons. The van der Waals surface area contributed by atoms with Gasteiger partial charge in [0.25, 0.3) is 6.43 Å². The van der Waals surface area contributed by atoms with Crippen LogP contribution >= 0.6 is 0 Å². The Balaban J connectivity index is 3.48. The Morgan fingerprint density at radius 1 is 1.48 bits per heavy atom. The molecule has 12 heteroatoms. The smallest absolute Gasteiger partial charge is 0.481 e. The van der Waals surface area contributed by atoms with Crippen LogP contribution in [0.1, 0.15) is 17.6 Å². The number of nitro groups is 1. The van der Waals surface area contributed by atoms with Gasteiger partial charge in [-0.05, 0) is 4.92 Å². The summed E-state index contributed by atoms with van der Waals surface area (Å²) in [6, 6.07) is 0.115. The number of ether oxygens (including phenoxy) is 1. The molecule has 0 atom stereocenters. The number of pyridine rings is 1. The first kappa shape index (κ1) is 16.5. The molecule has 1 aromatic rings. The van der Waals surface area contributed by atoms with E-state index in [1.54, 1.807) is 0 Å². The van der Waals surface area contributed by atoms with Gasteiger partial charge in [-0.25, -0.2) is 8.78 Å². The van der Waals surface area contributed by atoms with Crippen LogP contribution < -0.4 is 4.74 Å². The van der Waals surface area contributed by atoms with Gasteiger partial charge in [0.2, 0.25) is 0 Å². The van der Waals surface area contributed by atoms with E-state index in [0.29, 0.717) is 0 Å². The molecule has 1 N–H and O–H groups in total. The van der Waals surface area contributed by atoms with Crippen molar-refractivity contribution in [3.05, 3.63) is 27.3 Å². The molecule has 0 aliphatic carbocycles. The largest absolute Gasteiger partial charge is 0.575 e. The van der Waals surface area contributed by atoms with Gasteiger partial charge < -0.3 is 20.0 Å². The molecule has 0 aliphatic rings. The minimum atomic E-state index is -5.30. The molecule has 0 aromatic carbocycles. The third-order valence-electron chi connectivity index (χ3n) is 2.07. The van der Waals surface area contributed by atoms with E-state index in [4.69, 9.17) is 5.11 Å². The average Bonchev–Trinajstić information content (AvgIpc) is 2.27. The highest BCUT2D eigenvalue weighted by Crippen LogP contribution is 2.34. The number of aliphatic carboxylic acids is 1. The second kappa shape index (κ2) is 5.85. The highest BCUT2D eigenvalue weighted by molar-refractivity contribution is 5.72. The van der Waals surface area contributed by atoms with Gasteiger partial charge in [0.05, 0.1) is 12.0 Å². The number of halogens is 5. The summed E-state index contributed by atoms with van der Waals surface area (Å²) in [5.41, 5.74) is -2.25. The van der Waals surface area contributed by atoms with Gasteiger partial charge in [-0.15, -0.1) is 13.2 Å². The molecular formula is C9H5F5N2O5. The molecule has 0 aliphatic heterocycles. The zero-order valence-corrected chi connectivity index (χ0v) is 9.73. The molecule has 1 heterocycles. The van der Waals surface area contributed by atoms with Crippen molar-refractivity contribution in [1.29, 1.82) is 0 Å². The van der Waals surface area contributed by atoms with Crippen molar-refractivity contribution >= 4 is 11.8 Å². The number of hydrogen-bond donors (Lipinski definition) is 1. The van der Waals surface area contributed by atoms with E-state index >= 15 is 0 Å². The molecule has 0 radical (unpaired) electrons. The van der Waals surface area contributed by atoms with Crippen molar-refractivity contribution in [1.82, 2.24) is 4.98 Å². The Bertz CT molecular complexity index is 574. The lowest BCUT2D eigenvalue weighted by Crippen LogP contribution is -2.19. The molecule has 0 saturated carbocycles. The van der Waals surface area contributed by atoms with Crippen LogP contribution in [0.5, 0.6) is 5.88 Å². The van der Waals surface area contributed by atoms with Gasteiger partial charge in [0.1, 0.15) is 0 Å². The molecule has 21 heavy (non-hydrogen) atoms. The molecule has 7 nitrogen and oxygen atoms in total. The van der Waals surface area contributed by atoms with Crippen LogP contribution in [0.2, 0.25) is 0 Å². The summed E-state index contributed by atoms with van der Waals surface area (Å²) in [6.07, 6.45) is -9.94. The number of nitrogens with zero attached hydrogens (tertiary/aromatic N) is 2. The van der Waals surface area contributed by atoms with E-state index < -0.39 is 52.9 Å². The highest BCUT2D eigenvalue weighted by Gasteiger charge is 2.36. The maximum absolute atomic E-state index is 12.8. The van der Waals surface area contributed by atoms with Crippen LogP contribution in [-0.4, -0.2) is 27.3 Å². The first-order chi connectivity index (χ1) is 9.51. The van der Waals surface area contributed by atoms with Gasteiger partial charge in [0.15, 0.2) is 0 Å². The Morgan fingerprint density at radius 2 is 2.05 bits per heavy atom. The number of carboxylic acids is 1. The van der Waals surface area contributed by atoms with Crippen molar-refractivity contribution < 1.29 is 41.5 Å². The van der Waals surface area contributed by atoms with Crippen LogP contribution in [0, 0.1) is 10.1 Å². The number of hydrogen-bond acceptors (Lipinski definition) is 5. The summed E-state index contributed by atoms with van der Waals surface area (Å²) in [5.74, 6) is -4.60.